The fourth-order valence-electron chi connectivity index (χ4n) is 3.70. The predicted molar refractivity (Wildman–Crippen MR) is 96.9 cm³/mol. The van der Waals surface area contributed by atoms with Gasteiger partial charge in [0.15, 0.2) is 0 Å². The number of hydrogen-bond donors (Lipinski definition) is 1. The second-order valence-electron chi connectivity index (χ2n) is 6.45. The van der Waals surface area contributed by atoms with Gasteiger partial charge >= 0.3 is 0 Å². The molecule has 3 aromatic carbocycles. The average Bonchev–Trinajstić information content (AvgIpc) is 3.28. The first-order chi connectivity index (χ1) is 11.8. The minimum Gasteiger partial charge on any atom is -0.508 e. The van der Waals surface area contributed by atoms with Crippen molar-refractivity contribution in [3.8, 4) is 5.75 Å². The van der Waals surface area contributed by atoms with Gasteiger partial charge in [-0.05, 0) is 35.7 Å². The molecule has 1 N–H and O–H groups in total. The smallest absolute Gasteiger partial charge is 0.115 e. The van der Waals surface area contributed by atoms with Crippen LogP contribution in [0.1, 0.15) is 35.7 Å². The van der Waals surface area contributed by atoms with Crippen LogP contribution in [-0.2, 0) is 0 Å². The van der Waals surface area contributed by atoms with E-state index in [0.717, 1.165) is 0 Å². The van der Waals surface area contributed by atoms with Crippen LogP contribution < -0.4 is 0 Å². The molecule has 0 amide bonds. The van der Waals surface area contributed by atoms with Crippen molar-refractivity contribution in [3.05, 3.63) is 102 Å². The van der Waals surface area contributed by atoms with Gasteiger partial charge in [0.2, 0.25) is 0 Å². The van der Waals surface area contributed by atoms with E-state index in [-0.39, 0.29) is 50.1 Å². The molecule has 1 aliphatic rings. The van der Waals surface area contributed by atoms with Gasteiger partial charge in [-0.3, -0.25) is 4.90 Å². The molecule has 1 aliphatic heterocycles. The maximum Gasteiger partial charge on any atom is 0.115 e. The van der Waals surface area contributed by atoms with Gasteiger partial charge in [0.25, 0.3) is 0 Å². The van der Waals surface area contributed by atoms with E-state index >= 15 is 0 Å². The molecule has 3 unspecified atom stereocenters. The minimum absolute atomic E-state index is 0. The molecule has 0 aliphatic carbocycles. The molecule has 25 heavy (non-hydrogen) atoms. The molecule has 0 bridgehead atoms. The molecule has 123 valence electrons. The molecule has 2 nitrogen and oxygen atoms in total. The van der Waals surface area contributed by atoms with Gasteiger partial charge in [-0.2, -0.15) is 0 Å². The van der Waals surface area contributed by atoms with E-state index in [2.05, 4.69) is 72.5 Å². The largest absolute Gasteiger partial charge is 0.508 e. The van der Waals surface area contributed by atoms with Crippen molar-refractivity contribution in [1.82, 2.24) is 4.90 Å². The third-order valence-corrected chi connectivity index (χ3v) is 4.92. The summed E-state index contributed by atoms with van der Waals surface area (Å²) in [5.41, 5.74) is 3.89. The van der Waals surface area contributed by atoms with Gasteiger partial charge in [0, 0.05) is 50.1 Å². The van der Waals surface area contributed by atoms with Crippen molar-refractivity contribution in [2.24, 2.45) is 0 Å². The molecular weight excluding hydrogens is 521 g/mol. The van der Waals surface area contributed by atoms with Gasteiger partial charge in [0.05, 0.1) is 12.1 Å². The van der Waals surface area contributed by atoms with E-state index < -0.39 is 0 Å². The third-order valence-electron chi connectivity index (χ3n) is 4.92. The molecule has 4 rings (SSSR count). The summed E-state index contributed by atoms with van der Waals surface area (Å²) in [4.78, 5) is 2.54. The van der Waals surface area contributed by atoms with E-state index in [1.165, 1.54) is 16.7 Å². The summed E-state index contributed by atoms with van der Waals surface area (Å²) in [7, 11) is 0. The van der Waals surface area contributed by atoms with Crippen molar-refractivity contribution < 1.29 is 49.2 Å². The first-order valence-corrected chi connectivity index (χ1v) is 8.42. The van der Waals surface area contributed by atoms with Crippen LogP contribution >= 0.6 is 0 Å². The zero-order chi connectivity index (χ0) is 16.5. The molecule has 1 fully saturated rings. The summed E-state index contributed by atoms with van der Waals surface area (Å²) in [5.74, 6) is 0.321. The molecule has 3 heteroatoms. The van der Waals surface area contributed by atoms with Crippen molar-refractivity contribution >= 4 is 0 Å². The number of hydrogen-bond acceptors (Lipinski definition) is 2. The molecule has 0 saturated carbocycles. The monoisotopic (exact) mass is 542 g/mol. The topological polar surface area (TPSA) is 23.2 Å². The number of rotatable bonds is 4. The summed E-state index contributed by atoms with van der Waals surface area (Å²) >= 11 is 0. The second kappa shape index (κ2) is 8.04. The molecular formula is C22H21AcNO. The van der Waals surface area contributed by atoms with Crippen molar-refractivity contribution in [2.75, 3.05) is 0 Å². The van der Waals surface area contributed by atoms with Crippen LogP contribution in [-0.4, -0.2) is 16.0 Å². The van der Waals surface area contributed by atoms with E-state index in [9.17, 15) is 5.11 Å². The predicted octanol–water partition coefficient (Wildman–Crippen LogP) is 4.93. The number of phenols is 1. The third kappa shape index (κ3) is 3.85. The van der Waals surface area contributed by atoms with Gasteiger partial charge in [-0.1, -0.05) is 72.8 Å². The normalized spacial score (nSPS) is 21.6. The second-order valence-corrected chi connectivity index (χ2v) is 6.45. The molecule has 3 atom stereocenters. The number of benzene rings is 3. The molecule has 0 aromatic heterocycles. The van der Waals surface area contributed by atoms with Gasteiger partial charge in [-0.25, -0.2) is 0 Å². The number of phenolic OH excluding ortho intramolecular Hbond substituents is 1. The Kier molecular flexibility index (Phi) is 6.00. The maximum absolute atomic E-state index is 9.54. The summed E-state index contributed by atoms with van der Waals surface area (Å²) in [6.07, 6.45) is 0. The summed E-state index contributed by atoms with van der Waals surface area (Å²) in [6.45, 7) is 2.27. The van der Waals surface area contributed by atoms with E-state index in [4.69, 9.17) is 0 Å². The van der Waals surface area contributed by atoms with Crippen LogP contribution in [0.2, 0.25) is 0 Å². The summed E-state index contributed by atoms with van der Waals surface area (Å²) < 4.78 is 0. The molecule has 1 saturated heterocycles. The van der Waals surface area contributed by atoms with E-state index in [1.54, 1.807) is 12.1 Å². The van der Waals surface area contributed by atoms with Crippen LogP contribution in [0.5, 0.6) is 5.75 Å². The molecule has 0 spiro atoms. The standard InChI is InChI=1S/C22H21NO.Ac/c1-16-21(19-12-14-20(24)15-13-19)23(16)22(17-8-4-2-5-9-17)18-10-6-3-7-11-18;/h2-16,21-22,24H,1H3;. The Morgan fingerprint density at radius 3 is 1.72 bits per heavy atom. The Labute approximate surface area is 185 Å². The van der Waals surface area contributed by atoms with Crippen molar-refractivity contribution in [3.63, 3.8) is 0 Å². The average molecular weight is 542 g/mol. The minimum atomic E-state index is 0. The van der Waals surface area contributed by atoms with Gasteiger partial charge in [-0.15, -0.1) is 0 Å². The fraction of sp³-hybridized carbons (Fsp3) is 0.182. The van der Waals surface area contributed by atoms with Crippen molar-refractivity contribution in [1.29, 1.82) is 0 Å². The van der Waals surface area contributed by atoms with E-state index in [0.29, 0.717) is 17.8 Å². The van der Waals surface area contributed by atoms with Crippen LogP contribution in [0.3, 0.4) is 0 Å². The quantitative estimate of drug-likeness (QED) is 0.473. The van der Waals surface area contributed by atoms with Crippen molar-refractivity contribution in [2.45, 2.75) is 25.0 Å². The Balaban J connectivity index is 0.00000182. The van der Waals surface area contributed by atoms with Crippen LogP contribution in [0.25, 0.3) is 0 Å². The Hall–Kier alpha value is -1.14. The Morgan fingerprint density at radius 2 is 1.24 bits per heavy atom. The van der Waals surface area contributed by atoms with Crippen LogP contribution in [0.15, 0.2) is 84.9 Å². The Morgan fingerprint density at radius 1 is 0.760 bits per heavy atom. The number of aromatic hydroxyl groups is 1. The zero-order valence-electron chi connectivity index (χ0n) is 14.3. The fourth-order valence-corrected chi connectivity index (χ4v) is 3.70. The molecule has 1 radical (unpaired) electrons. The first-order valence-electron chi connectivity index (χ1n) is 8.42. The van der Waals surface area contributed by atoms with Crippen LogP contribution in [0, 0.1) is 44.1 Å². The first kappa shape index (κ1) is 18.6. The number of nitrogens with zero attached hydrogens (tertiary/aromatic N) is 1. The van der Waals surface area contributed by atoms with Crippen LogP contribution in [0.4, 0.5) is 0 Å². The zero-order valence-corrected chi connectivity index (χ0v) is 19.0. The maximum atomic E-state index is 9.54. The summed E-state index contributed by atoms with van der Waals surface area (Å²) in [5, 5.41) is 9.54. The summed E-state index contributed by atoms with van der Waals surface area (Å²) in [6, 6.07) is 30.1. The van der Waals surface area contributed by atoms with Gasteiger partial charge in [0.1, 0.15) is 5.75 Å². The molecule has 1 heterocycles. The van der Waals surface area contributed by atoms with Gasteiger partial charge < -0.3 is 5.11 Å². The SMILES string of the molecule is CC1C(c2ccc(O)cc2)N1C(c1ccccc1)c1ccccc1.[Ac]. The Bertz CT molecular complexity index is 765. The molecule has 3 aromatic rings. The van der Waals surface area contributed by atoms with E-state index in [1.807, 2.05) is 12.1 Å².